The summed E-state index contributed by atoms with van der Waals surface area (Å²) in [6, 6.07) is 16.8. The van der Waals surface area contributed by atoms with Gasteiger partial charge in [0.15, 0.2) is 0 Å². The van der Waals surface area contributed by atoms with Crippen molar-refractivity contribution in [1.29, 1.82) is 0 Å². The summed E-state index contributed by atoms with van der Waals surface area (Å²) in [6.07, 6.45) is 7.58. The summed E-state index contributed by atoms with van der Waals surface area (Å²) < 4.78 is 1.00. The lowest BCUT2D eigenvalue weighted by Crippen LogP contribution is -2.47. The Morgan fingerprint density at radius 3 is 2.44 bits per heavy atom. The van der Waals surface area contributed by atoms with Crippen molar-refractivity contribution in [2.24, 2.45) is 5.10 Å². The van der Waals surface area contributed by atoms with Crippen LogP contribution in [-0.4, -0.2) is 48.6 Å². The fourth-order valence-electron chi connectivity index (χ4n) is 3.86. The Balaban J connectivity index is 1.47. The van der Waals surface area contributed by atoms with E-state index >= 15 is 0 Å². The molecular weight excluding hydrogens is 468 g/mol. The standard InChI is InChI=1S/C25H31BrN4O2/c26-22-14-12-20(13-15-22)19-28-29-25(32)23(30-17-7-2-8-18-30)11-5-6-16-27-24(31)21-9-3-1-4-10-21/h1,3-4,9-10,12-15,19,23H,2,5-8,11,16-18H2,(H,27,31)(H,29,32). The van der Waals surface area contributed by atoms with Crippen LogP contribution >= 0.6 is 15.9 Å². The van der Waals surface area contributed by atoms with Gasteiger partial charge in [-0.25, -0.2) is 5.43 Å². The fraction of sp³-hybridized carbons (Fsp3) is 0.400. The van der Waals surface area contributed by atoms with Crippen molar-refractivity contribution in [2.75, 3.05) is 19.6 Å². The van der Waals surface area contributed by atoms with Crippen LogP contribution in [0.4, 0.5) is 0 Å². The van der Waals surface area contributed by atoms with E-state index in [9.17, 15) is 9.59 Å². The summed E-state index contributed by atoms with van der Waals surface area (Å²) in [6.45, 7) is 2.49. The van der Waals surface area contributed by atoms with Crippen LogP contribution in [0.3, 0.4) is 0 Å². The SMILES string of the molecule is O=C(NCCCCC(C(=O)NN=Cc1ccc(Br)cc1)N1CCCCC1)c1ccccc1. The predicted molar refractivity (Wildman–Crippen MR) is 132 cm³/mol. The highest BCUT2D eigenvalue weighted by atomic mass is 79.9. The summed E-state index contributed by atoms with van der Waals surface area (Å²) in [5.74, 6) is -0.119. The first-order valence-corrected chi connectivity index (χ1v) is 12.1. The normalized spacial score (nSPS) is 15.4. The molecule has 2 aromatic carbocycles. The van der Waals surface area contributed by atoms with Gasteiger partial charge in [0.2, 0.25) is 0 Å². The number of halogens is 1. The van der Waals surface area contributed by atoms with E-state index in [0.29, 0.717) is 12.1 Å². The second-order valence-electron chi connectivity index (χ2n) is 8.02. The van der Waals surface area contributed by atoms with E-state index in [4.69, 9.17) is 0 Å². The average molecular weight is 499 g/mol. The number of unbranched alkanes of at least 4 members (excludes halogenated alkanes) is 1. The minimum Gasteiger partial charge on any atom is -0.352 e. The van der Waals surface area contributed by atoms with Crippen molar-refractivity contribution in [3.8, 4) is 0 Å². The topological polar surface area (TPSA) is 73.8 Å². The van der Waals surface area contributed by atoms with Gasteiger partial charge in [-0.05, 0) is 75.0 Å². The molecule has 6 nitrogen and oxygen atoms in total. The molecule has 7 heteroatoms. The zero-order valence-electron chi connectivity index (χ0n) is 18.3. The smallest absolute Gasteiger partial charge is 0.257 e. The van der Waals surface area contributed by atoms with E-state index in [2.05, 4.69) is 36.7 Å². The first-order valence-electron chi connectivity index (χ1n) is 11.3. The molecular formula is C25H31BrN4O2. The maximum Gasteiger partial charge on any atom is 0.257 e. The zero-order valence-corrected chi connectivity index (χ0v) is 19.9. The first-order chi connectivity index (χ1) is 15.6. The molecule has 1 aliphatic heterocycles. The Labute approximate surface area is 198 Å². The summed E-state index contributed by atoms with van der Waals surface area (Å²) in [5.41, 5.74) is 4.33. The molecule has 32 heavy (non-hydrogen) atoms. The van der Waals surface area contributed by atoms with Gasteiger partial charge in [0.05, 0.1) is 12.3 Å². The summed E-state index contributed by atoms with van der Waals surface area (Å²) in [4.78, 5) is 27.3. The largest absolute Gasteiger partial charge is 0.352 e. The third-order valence-corrected chi connectivity index (χ3v) is 6.15. The van der Waals surface area contributed by atoms with Crippen LogP contribution < -0.4 is 10.7 Å². The van der Waals surface area contributed by atoms with Crippen molar-refractivity contribution < 1.29 is 9.59 Å². The number of hydrazone groups is 1. The molecule has 1 saturated heterocycles. The van der Waals surface area contributed by atoms with Crippen LogP contribution in [-0.2, 0) is 4.79 Å². The highest BCUT2D eigenvalue weighted by Gasteiger charge is 2.26. The highest BCUT2D eigenvalue weighted by molar-refractivity contribution is 9.10. The molecule has 0 aromatic heterocycles. The van der Waals surface area contributed by atoms with Crippen LogP contribution in [0.1, 0.15) is 54.4 Å². The van der Waals surface area contributed by atoms with Crippen LogP contribution in [0, 0.1) is 0 Å². The second kappa shape index (κ2) is 13.1. The Morgan fingerprint density at radius 1 is 1.00 bits per heavy atom. The van der Waals surface area contributed by atoms with Gasteiger partial charge in [-0.2, -0.15) is 5.10 Å². The van der Waals surface area contributed by atoms with Crippen LogP contribution in [0.5, 0.6) is 0 Å². The Kier molecular flexibility index (Phi) is 9.91. The number of likely N-dealkylation sites (tertiary alicyclic amines) is 1. The van der Waals surface area contributed by atoms with Gasteiger partial charge >= 0.3 is 0 Å². The molecule has 0 saturated carbocycles. The van der Waals surface area contributed by atoms with Gasteiger partial charge in [0.25, 0.3) is 11.8 Å². The number of rotatable bonds is 10. The third kappa shape index (κ3) is 7.88. The molecule has 2 amide bonds. The van der Waals surface area contributed by atoms with Gasteiger partial charge < -0.3 is 5.32 Å². The summed E-state index contributed by atoms with van der Waals surface area (Å²) in [7, 11) is 0. The quantitative estimate of drug-likeness (QED) is 0.290. The second-order valence-corrected chi connectivity index (χ2v) is 8.93. The van der Waals surface area contributed by atoms with Crippen molar-refractivity contribution in [3.63, 3.8) is 0 Å². The maximum atomic E-state index is 12.9. The summed E-state index contributed by atoms with van der Waals surface area (Å²) >= 11 is 3.41. The van der Waals surface area contributed by atoms with Gasteiger partial charge in [0, 0.05) is 16.6 Å². The van der Waals surface area contributed by atoms with E-state index in [-0.39, 0.29) is 17.9 Å². The average Bonchev–Trinajstić information content (AvgIpc) is 2.83. The number of carbonyl (C=O) groups excluding carboxylic acids is 2. The number of carbonyl (C=O) groups is 2. The fourth-order valence-corrected chi connectivity index (χ4v) is 4.12. The molecule has 2 N–H and O–H groups in total. The van der Waals surface area contributed by atoms with Gasteiger partial charge in [-0.1, -0.05) is 52.7 Å². The molecule has 1 unspecified atom stereocenters. The number of hydrogen-bond acceptors (Lipinski definition) is 4. The van der Waals surface area contributed by atoms with Gasteiger partial charge in [-0.3, -0.25) is 14.5 Å². The molecule has 170 valence electrons. The Bertz CT molecular complexity index is 881. The van der Waals surface area contributed by atoms with E-state index in [0.717, 1.165) is 55.2 Å². The molecule has 0 radical (unpaired) electrons. The third-order valence-electron chi connectivity index (χ3n) is 5.62. The number of amides is 2. The molecule has 0 spiro atoms. The number of hydrogen-bond donors (Lipinski definition) is 2. The van der Waals surface area contributed by atoms with Crippen LogP contribution in [0.15, 0.2) is 64.2 Å². The number of piperidine rings is 1. The monoisotopic (exact) mass is 498 g/mol. The first kappa shape index (κ1) is 24.1. The Morgan fingerprint density at radius 2 is 1.72 bits per heavy atom. The van der Waals surface area contributed by atoms with E-state index in [1.165, 1.54) is 6.42 Å². The summed E-state index contributed by atoms with van der Waals surface area (Å²) in [5, 5.41) is 7.12. The van der Waals surface area contributed by atoms with E-state index in [1.54, 1.807) is 18.3 Å². The van der Waals surface area contributed by atoms with Crippen molar-refractivity contribution >= 4 is 34.0 Å². The molecule has 1 fully saturated rings. The Hall–Kier alpha value is -2.51. The molecule has 1 aliphatic rings. The van der Waals surface area contributed by atoms with E-state index < -0.39 is 0 Å². The van der Waals surface area contributed by atoms with Crippen molar-refractivity contribution in [2.45, 2.75) is 44.6 Å². The predicted octanol–water partition coefficient (Wildman–Crippen LogP) is 4.35. The lowest BCUT2D eigenvalue weighted by atomic mass is 10.0. The molecule has 0 bridgehead atoms. The molecule has 3 rings (SSSR count). The lowest BCUT2D eigenvalue weighted by Gasteiger charge is -2.33. The van der Waals surface area contributed by atoms with Crippen molar-refractivity contribution in [1.82, 2.24) is 15.6 Å². The molecule has 1 heterocycles. The molecule has 1 atom stereocenters. The highest BCUT2D eigenvalue weighted by Crippen LogP contribution is 2.17. The molecule has 0 aliphatic carbocycles. The molecule has 2 aromatic rings. The van der Waals surface area contributed by atoms with E-state index in [1.807, 2.05) is 42.5 Å². The van der Waals surface area contributed by atoms with Gasteiger partial charge in [0.1, 0.15) is 0 Å². The van der Waals surface area contributed by atoms with Gasteiger partial charge in [-0.15, -0.1) is 0 Å². The minimum absolute atomic E-state index is 0.0572. The maximum absolute atomic E-state index is 12.9. The zero-order chi connectivity index (χ0) is 22.6. The number of benzene rings is 2. The lowest BCUT2D eigenvalue weighted by molar-refractivity contribution is -0.127. The van der Waals surface area contributed by atoms with Crippen molar-refractivity contribution in [3.05, 3.63) is 70.2 Å². The number of nitrogens with zero attached hydrogens (tertiary/aromatic N) is 2. The van der Waals surface area contributed by atoms with Crippen LogP contribution in [0.25, 0.3) is 0 Å². The van der Waals surface area contributed by atoms with Crippen LogP contribution in [0.2, 0.25) is 0 Å². The minimum atomic E-state index is -0.192. The number of nitrogens with one attached hydrogen (secondary N) is 2.